The second-order valence-electron chi connectivity index (χ2n) is 5.63. The molecule has 0 rings (SSSR count). The number of carbonyl (C=O) groups excluding carboxylic acids is 2. The molecule has 0 unspecified atom stereocenters. The standard InChI is InChI=1S/C12H23NO2.C2H6/c1-9(14)12(4,5)8-11(2,3)7-10(15)13-6;1-2/h7-8H2,1-6H3,(H,13,15);1-2H3. The summed E-state index contributed by atoms with van der Waals surface area (Å²) in [5.74, 6) is 0.201. The van der Waals surface area contributed by atoms with Crippen molar-refractivity contribution in [3.8, 4) is 0 Å². The van der Waals surface area contributed by atoms with Gasteiger partial charge in [-0.25, -0.2) is 0 Å². The molecule has 3 heteroatoms. The predicted molar refractivity (Wildman–Crippen MR) is 72.9 cm³/mol. The van der Waals surface area contributed by atoms with Crippen molar-refractivity contribution in [3.63, 3.8) is 0 Å². The molecule has 0 spiro atoms. The summed E-state index contributed by atoms with van der Waals surface area (Å²) < 4.78 is 0. The third-order valence-corrected chi connectivity index (χ3v) is 2.79. The molecular formula is C14H29NO2. The Labute approximate surface area is 106 Å². The minimum atomic E-state index is -0.350. The maximum Gasteiger partial charge on any atom is 0.220 e. The molecule has 0 aliphatic heterocycles. The third kappa shape index (κ3) is 7.94. The lowest BCUT2D eigenvalue weighted by Crippen LogP contribution is -2.33. The van der Waals surface area contributed by atoms with Gasteiger partial charge in [-0.05, 0) is 18.8 Å². The van der Waals surface area contributed by atoms with Crippen molar-refractivity contribution in [1.82, 2.24) is 5.32 Å². The molecule has 0 aromatic carbocycles. The molecule has 0 saturated carbocycles. The molecule has 1 N–H and O–H groups in total. The topological polar surface area (TPSA) is 46.2 Å². The van der Waals surface area contributed by atoms with E-state index in [2.05, 4.69) is 5.32 Å². The first-order valence-corrected chi connectivity index (χ1v) is 6.32. The number of nitrogens with one attached hydrogen (secondary N) is 1. The van der Waals surface area contributed by atoms with Crippen LogP contribution >= 0.6 is 0 Å². The molecule has 0 saturated heterocycles. The smallest absolute Gasteiger partial charge is 0.220 e. The molecule has 0 radical (unpaired) electrons. The molecule has 0 heterocycles. The predicted octanol–water partition coefficient (Wildman–Crippen LogP) is 3.18. The molecule has 0 aromatic heterocycles. The highest BCUT2D eigenvalue weighted by Crippen LogP contribution is 2.36. The van der Waals surface area contributed by atoms with Gasteiger partial charge in [0.2, 0.25) is 5.91 Å². The summed E-state index contributed by atoms with van der Waals surface area (Å²) in [5.41, 5.74) is -0.493. The molecule has 0 bridgehead atoms. The molecule has 0 aliphatic carbocycles. The van der Waals surface area contributed by atoms with Gasteiger partial charge in [0.1, 0.15) is 5.78 Å². The van der Waals surface area contributed by atoms with E-state index in [1.54, 1.807) is 14.0 Å². The van der Waals surface area contributed by atoms with Crippen molar-refractivity contribution >= 4 is 11.7 Å². The molecule has 1 amide bonds. The minimum Gasteiger partial charge on any atom is -0.359 e. The summed E-state index contributed by atoms with van der Waals surface area (Å²) in [6, 6.07) is 0. The largest absolute Gasteiger partial charge is 0.359 e. The van der Waals surface area contributed by atoms with E-state index in [9.17, 15) is 9.59 Å². The van der Waals surface area contributed by atoms with Crippen LogP contribution in [0, 0.1) is 10.8 Å². The second-order valence-corrected chi connectivity index (χ2v) is 5.63. The number of Topliss-reactive ketones (excluding diaryl/α,β-unsaturated/α-hetero) is 1. The zero-order valence-electron chi connectivity index (χ0n) is 12.7. The van der Waals surface area contributed by atoms with E-state index >= 15 is 0 Å². The molecule has 0 fully saturated rings. The van der Waals surface area contributed by atoms with Crippen LogP contribution in [0.15, 0.2) is 0 Å². The Morgan fingerprint density at radius 2 is 1.47 bits per heavy atom. The average Bonchev–Trinajstić information content (AvgIpc) is 2.18. The lowest BCUT2D eigenvalue weighted by molar-refractivity contribution is -0.128. The fraction of sp³-hybridized carbons (Fsp3) is 0.857. The molecule has 0 aliphatic rings. The lowest BCUT2D eigenvalue weighted by Gasteiger charge is -2.32. The fourth-order valence-corrected chi connectivity index (χ4v) is 1.91. The maximum atomic E-state index is 11.4. The van der Waals surface area contributed by atoms with Gasteiger partial charge < -0.3 is 5.32 Å². The Morgan fingerprint density at radius 3 is 1.76 bits per heavy atom. The summed E-state index contributed by atoms with van der Waals surface area (Å²) in [4.78, 5) is 22.7. The Hall–Kier alpha value is -0.860. The number of rotatable bonds is 5. The van der Waals surface area contributed by atoms with Gasteiger partial charge in [-0.15, -0.1) is 0 Å². The number of amides is 1. The van der Waals surface area contributed by atoms with Gasteiger partial charge in [-0.3, -0.25) is 9.59 Å². The number of carbonyl (C=O) groups is 2. The van der Waals surface area contributed by atoms with Crippen LogP contribution in [0.2, 0.25) is 0 Å². The van der Waals surface area contributed by atoms with Crippen molar-refractivity contribution in [3.05, 3.63) is 0 Å². The summed E-state index contributed by atoms with van der Waals surface area (Å²) in [5, 5.41) is 2.61. The van der Waals surface area contributed by atoms with Gasteiger partial charge in [-0.2, -0.15) is 0 Å². The monoisotopic (exact) mass is 243 g/mol. The van der Waals surface area contributed by atoms with E-state index in [1.165, 1.54) is 0 Å². The maximum absolute atomic E-state index is 11.4. The van der Waals surface area contributed by atoms with E-state index in [0.29, 0.717) is 6.42 Å². The first-order chi connectivity index (χ1) is 7.60. The van der Waals surface area contributed by atoms with Gasteiger partial charge >= 0.3 is 0 Å². The van der Waals surface area contributed by atoms with E-state index in [-0.39, 0.29) is 22.5 Å². The third-order valence-electron chi connectivity index (χ3n) is 2.79. The molecular weight excluding hydrogens is 214 g/mol. The van der Waals surface area contributed by atoms with E-state index < -0.39 is 0 Å². The highest BCUT2D eigenvalue weighted by Gasteiger charge is 2.33. The summed E-state index contributed by atoms with van der Waals surface area (Å²) in [6.45, 7) is 13.5. The van der Waals surface area contributed by atoms with Gasteiger partial charge in [0, 0.05) is 18.9 Å². The first-order valence-electron chi connectivity index (χ1n) is 6.32. The van der Waals surface area contributed by atoms with Crippen LogP contribution in [-0.4, -0.2) is 18.7 Å². The van der Waals surface area contributed by atoms with E-state index in [0.717, 1.165) is 6.42 Å². The highest BCUT2D eigenvalue weighted by molar-refractivity contribution is 5.81. The van der Waals surface area contributed by atoms with Gasteiger partial charge in [0.25, 0.3) is 0 Å². The Balaban J connectivity index is 0. The van der Waals surface area contributed by atoms with Gasteiger partial charge in [0.15, 0.2) is 0 Å². The van der Waals surface area contributed by atoms with Gasteiger partial charge in [0.05, 0.1) is 0 Å². The van der Waals surface area contributed by atoms with Crippen molar-refractivity contribution in [2.24, 2.45) is 10.8 Å². The fourth-order valence-electron chi connectivity index (χ4n) is 1.91. The van der Waals surface area contributed by atoms with E-state index in [4.69, 9.17) is 0 Å². The molecule has 17 heavy (non-hydrogen) atoms. The summed E-state index contributed by atoms with van der Waals surface area (Å²) in [7, 11) is 1.63. The van der Waals surface area contributed by atoms with Crippen LogP contribution in [0.3, 0.4) is 0 Å². The quantitative estimate of drug-likeness (QED) is 0.806. The minimum absolute atomic E-state index is 0.0272. The van der Waals surface area contributed by atoms with Crippen LogP contribution in [0.1, 0.15) is 61.3 Å². The molecule has 0 atom stereocenters. The van der Waals surface area contributed by atoms with Crippen LogP contribution in [0.5, 0.6) is 0 Å². The summed E-state index contributed by atoms with van der Waals surface area (Å²) >= 11 is 0. The van der Waals surface area contributed by atoms with Crippen molar-refractivity contribution < 1.29 is 9.59 Å². The number of hydrogen-bond donors (Lipinski definition) is 1. The van der Waals surface area contributed by atoms with Crippen LogP contribution in [-0.2, 0) is 9.59 Å². The number of hydrogen-bond acceptors (Lipinski definition) is 2. The number of ketones is 1. The zero-order chi connectivity index (χ0) is 14.3. The molecule has 0 aromatic rings. The average molecular weight is 243 g/mol. The van der Waals surface area contributed by atoms with Gasteiger partial charge in [-0.1, -0.05) is 41.5 Å². The van der Waals surface area contributed by atoms with Crippen LogP contribution in [0.25, 0.3) is 0 Å². The molecule has 102 valence electrons. The van der Waals surface area contributed by atoms with E-state index in [1.807, 2.05) is 41.5 Å². The first kappa shape index (κ1) is 18.5. The lowest BCUT2D eigenvalue weighted by atomic mass is 9.71. The van der Waals surface area contributed by atoms with Crippen molar-refractivity contribution in [1.29, 1.82) is 0 Å². The highest BCUT2D eigenvalue weighted by atomic mass is 16.1. The van der Waals surface area contributed by atoms with Crippen molar-refractivity contribution in [2.45, 2.75) is 61.3 Å². The second kappa shape index (κ2) is 7.46. The molecule has 3 nitrogen and oxygen atoms in total. The van der Waals surface area contributed by atoms with Crippen molar-refractivity contribution in [2.75, 3.05) is 7.05 Å². The normalized spacial score (nSPS) is 11.3. The Morgan fingerprint density at radius 1 is 1.06 bits per heavy atom. The van der Waals surface area contributed by atoms with Crippen LogP contribution < -0.4 is 5.32 Å². The summed E-state index contributed by atoms with van der Waals surface area (Å²) in [6.07, 6.45) is 1.18. The Bertz CT molecular complexity index is 255. The van der Waals surface area contributed by atoms with Crippen LogP contribution in [0.4, 0.5) is 0 Å². The SMILES string of the molecule is CC.CNC(=O)CC(C)(C)CC(C)(C)C(C)=O. The Kier molecular flexibility index (Phi) is 8.12. The zero-order valence-corrected chi connectivity index (χ0v) is 12.7.